The molecular formula is C27H30ClFN4O5. The number of carbonyl (C=O) groups is 2. The average Bonchev–Trinajstić information content (AvgIpc) is 3.51. The number of fused-ring (bicyclic) bond motifs is 1. The lowest BCUT2D eigenvalue weighted by molar-refractivity contribution is 0.0946. The van der Waals surface area contributed by atoms with Crippen LogP contribution in [0, 0.1) is 5.82 Å². The van der Waals surface area contributed by atoms with Crippen LogP contribution in [0.4, 0.5) is 9.18 Å². The second kappa shape index (κ2) is 12.3. The third-order valence-electron chi connectivity index (χ3n) is 6.23. The Morgan fingerprint density at radius 1 is 1.26 bits per heavy atom. The summed E-state index contributed by atoms with van der Waals surface area (Å²) < 4.78 is 24.9. The standard InChI is InChI=1S/C20H19ClFN3O3.C7H11NO2/c1-25(2)11-19-23-10-18(28-19)15-7-16(22)14(8-17(15)26)20(27)24-9-12-3-5-13(21)6-4-12;9-7-8-4-2-1-3-6(8)5-10-7/h3-8,10,26H,9,11H2,1-2H3,(H,24,27);6H,1-5H2. The van der Waals surface area contributed by atoms with Gasteiger partial charge >= 0.3 is 6.09 Å². The summed E-state index contributed by atoms with van der Waals surface area (Å²) in [6, 6.07) is 9.46. The number of carbonyl (C=O) groups excluding carboxylic acids is 2. The summed E-state index contributed by atoms with van der Waals surface area (Å²) in [6.07, 6.45) is 4.83. The van der Waals surface area contributed by atoms with E-state index in [2.05, 4.69) is 10.3 Å². The van der Waals surface area contributed by atoms with E-state index < -0.39 is 11.7 Å². The summed E-state index contributed by atoms with van der Waals surface area (Å²) in [5.74, 6) is -1.02. The van der Waals surface area contributed by atoms with Gasteiger partial charge in [-0.25, -0.2) is 14.2 Å². The van der Waals surface area contributed by atoms with Crippen LogP contribution in [0.1, 0.15) is 41.1 Å². The Morgan fingerprint density at radius 3 is 2.74 bits per heavy atom. The Morgan fingerprint density at radius 2 is 2.03 bits per heavy atom. The number of aromatic hydroxyl groups is 1. The largest absolute Gasteiger partial charge is 0.507 e. The zero-order chi connectivity index (χ0) is 27.2. The van der Waals surface area contributed by atoms with Gasteiger partial charge in [0.15, 0.2) is 5.76 Å². The van der Waals surface area contributed by atoms with Crippen molar-refractivity contribution in [1.82, 2.24) is 20.1 Å². The highest BCUT2D eigenvalue weighted by Gasteiger charge is 2.34. The quantitative estimate of drug-likeness (QED) is 0.458. The molecule has 3 heterocycles. The normalized spacial score (nSPS) is 16.5. The number of phenolic OH excluding ortho intramolecular Hbond substituents is 1. The first-order valence-corrected chi connectivity index (χ1v) is 12.7. The molecule has 3 aromatic rings. The molecule has 202 valence electrons. The van der Waals surface area contributed by atoms with Gasteiger partial charge in [0.25, 0.3) is 5.91 Å². The minimum absolute atomic E-state index is 0.107. The van der Waals surface area contributed by atoms with E-state index >= 15 is 0 Å². The number of cyclic esters (lactones) is 1. The zero-order valence-corrected chi connectivity index (χ0v) is 22.0. The first kappa shape index (κ1) is 27.4. The molecule has 0 saturated carbocycles. The molecule has 0 aliphatic carbocycles. The summed E-state index contributed by atoms with van der Waals surface area (Å²) in [6.45, 7) is 2.20. The van der Waals surface area contributed by atoms with Gasteiger partial charge in [-0.2, -0.15) is 0 Å². The molecule has 11 heteroatoms. The lowest BCUT2D eigenvalue weighted by Crippen LogP contribution is -2.37. The molecule has 2 fully saturated rings. The highest BCUT2D eigenvalue weighted by molar-refractivity contribution is 6.30. The van der Waals surface area contributed by atoms with Crippen molar-refractivity contribution < 1.29 is 28.2 Å². The van der Waals surface area contributed by atoms with Gasteiger partial charge in [0.05, 0.1) is 29.9 Å². The third kappa shape index (κ3) is 6.81. The lowest BCUT2D eigenvalue weighted by Gasteiger charge is -2.25. The predicted octanol–water partition coefficient (Wildman–Crippen LogP) is 4.82. The molecule has 2 aliphatic rings. The Kier molecular flexibility index (Phi) is 8.85. The van der Waals surface area contributed by atoms with E-state index in [0.717, 1.165) is 37.1 Å². The summed E-state index contributed by atoms with van der Waals surface area (Å²) in [5.41, 5.74) is 0.682. The van der Waals surface area contributed by atoms with Gasteiger partial charge in [-0.1, -0.05) is 23.7 Å². The van der Waals surface area contributed by atoms with Crippen molar-refractivity contribution in [3.05, 3.63) is 70.5 Å². The molecule has 1 atom stereocenters. The van der Waals surface area contributed by atoms with E-state index in [0.29, 0.717) is 30.1 Å². The van der Waals surface area contributed by atoms with Crippen LogP contribution in [-0.4, -0.2) is 65.2 Å². The summed E-state index contributed by atoms with van der Waals surface area (Å²) in [5, 5.41) is 13.5. The fraction of sp³-hybridized carbons (Fsp3) is 0.370. The minimum Gasteiger partial charge on any atom is -0.507 e. The van der Waals surface area contributed by atoms with Gasteiger partial charge in [0.1, 0.15) is 18.2 Å². The number of rotatable bonds is 6. The second-order valence-corrected chi connectivity index (χ2v) is 9.87. The number of halogens is 2. The summed E-state index contributed by atoms with van der Waals surface area (Å²) in [4.78, 5) is 31.0. The van der Waals surface area contributed by atoms with Gasteiger partial charge in [-0.05, 0) is 63.2 Å². The number of ether oxygens (including phenoxy) is 1. The van der Waals surface area contributed by atoms with Crippen molar-refractivity contribution in [3.8, 4) is 17.1 Å². The van der Waals surface area contributed by atoms with Gasteiger partial charge in [-0.3, -0.25) is 4.79 Å². The Labute approximate surface area is 225 Å². The van der Waals surface area contributed by atoms with E-state index in [-0.39, 0.29) is 35.3 Å². The van der Waals surface area contributed by atoms with E-state index in [4.69, 9.17) is 20.8 Å². The number of amides is 2. The maximum absolute atomic E-state index is 14.5. The predicted molar refractivity (Wildman–Crippen MR) is 139 cm³/mol. The molecule has 5 rings (SSSR count). The van der Waals surface area contributed by atoms with Gasteiger partial charge in [0, 0.05) is 18.1 Å². The highest BCUT2D eigenvalue weighted by Crippen LogP contribution is 2.32. The molecule has 2 aromatic carbocycles. The average molecular weight is 545 g/mol. The van der Waals surface area contributed by atoms with Crippen LogP contribution in [0.15, 0.2) is 47.0 Å². The molecule has 1 unspecified atom stereocenters. The van der Waals surface area contributed by atoms with Crippen molar-refractivity contribution in [2.24, 2.45) is 0 Å². The number of hydrogen-bond acceptors (Lipinski definition) is 7. The Bertz CT molecular complexity index is 1280. The van der Waals surface area contributed by atoms with E-state index in [1.54, 1.807) is 24.3 Å². The van der Waals surface area contributed by atoms with E-state index in [1.807, 2.05) is 23.9 Å². The molecular weight excluding hydrogens is 515 g/mol. The van der Waals surface area contributed by atoms with Crippen LogP contribution in [0.25, 0.3) is 11.3 Å². The first-order valence-electron chi connectivity index (χ1n) is 12.3. The van der Waals surface area contributed by atoms with E-state index in [9.17, 15) is 19.1 Å². The Hall–Kier alpha value is -3.63. The van der Waals surface area contributed by atoms with Gasteiger partial charge < -0.3 is 29.4 Å². The molecule has 1 aromatic heterocycles. The summed E-state index contributed by atoms with van der Waals surface area (Å²) >= 11 is 5.82. The minimum atomic E-state index is -0.771. The SMILES string of the molecule is CN(C)Cc1ncc(-c2cc(F)c(C(=O)NCc3ccc(Cl)cc3)cc2O)o1.O=C1OCC2CCCCN12. The van der Waals surface area contributed by atoms with Crippen LogP contribution < -0.4 is 5.32 Å². The number of hydrogen-bond donors (Lipinski definition) is 2. The lowest BCUT2D eigenvalue weighted by atomic mass is 10.0. The van der Waals surface area contributed by atoms with Crippen LogP contribution in [-0.2, 0) is 17.8 Å². The third-order valence-corrected chi connectivity index (χ3v) is 6.48. The number of phenols is 1. The number of nitrogens with one attached hydrogen (secondary N) is 1. The molecule has 0 spiro atoms. The molecule has 2 aliphatic heterocycles. The molecule has 2 N–H and O–H groups in total. The molecule has 0 bridgehead atoms. The maximum Gasteiger partial charge on any atom is 0.410 e. The van der Waals surface area contributed by atoms with Crippen LogP contribution in [0.5, 0.6) is 5.75 Å². The number of aromatic nitrogens is 1. The fourth-order valence-electron chi connectivity index (χ4n) is 4.26. The van der Waals surface area contributed by atoms with Crippen molar-refractivity contribution in [2.75, 3.05) is 27.2 Å². The Balaban J connectivity index is 0.000000278. The first-order chi connectivity index (χ1) is 18.2. The van der Waals surface area contributed by atoms with Crippen LogP contribution >= 0.6 is 11.6 Å². The van der Waals surface area contributed by atoms with Crippen molar-refractivity contribution in [2.45, 2.75) is 38.4 Å². The van der Waals surface area contributed by atoms with Gasteiger partial charge in [-0.15, -0.1) is 0 Å². The monoisotopic (exact) mass is 544 g/mol. The molecule has 0 radical (unpaired) electrons. The molecule has 9 nitrogen and oxygen atoms in total. The number of nitrogens with zero attached hydrogens (tertiary/aromatic N) is 3. The highest BCUT2D eigenvalue weighted by atomic mass is 35.5. The topological polar surface area (TPSA) is 108 Å². The van der Waals surface area contributed by atoms with Crippen molar-refractivity contribution in [3.63, 3.8) is 0 Å². The number of benzene rings is 2. The van der Waals surface area contributed by atoms with Crippen molar-refractivity contribution in [1.29, 1.82) is 0 Å². The van der Waals surface area contributed by atoms with Gasteiger partial charge in [0.2, 0.25) is 5.89 Å². The smallest absolute Gasteiger partial charge is 0.410 e. The van der Waals surface area contributed by atoms with Crippen LogP contribution in [0.3, 0.4) is 0 Å². The second-order valence-electron chi connectivity index (χ2n) is 9.43. The number of piperidine rings is 1. The molecule has 2 saturated heterocycles. The zero-order valence-electron chi connectivity index (χ0n) is 21.2. The fourth-order valence-corrected chi connectivity index (χ4v) is 4.38. The van der Waals surface area contributed by atoms with E-state index in [1.165, 1.54) is 12.6 Å². The maximum atomic E-state index is 14.5. The van der Waals surface area contributed by atoms with Crippen molar-refractivity contribution >= 4 is 23.6 Å². The van der Waals surface area contributed by atoms with Crippen LogP contribution in [0.2, 0.25) is 5.02 Å². The summed E-state index contributed by atoms with van der Waals surface area (Å²) in [7, 11) is 3.72. The number of oxazole rings is 1. The molecule has 2 amide bonds. The molecule has 38 heavy (non-hydrogen) atoms.